The molecule has 2 N–H and O–H groups in total. The summed E-state index contributed by atoms with van der Waals surface area (Å²) in [6.45, 7) is 1.89. The lowest BCUT2D eigenvalue weighted by Gasteiger charge is -2.11. The van der Waals surface area contributed by atoms with Crippen molar-refractivity contribution in [1.82, 2.24) is 15.0 Å². The molecule has 88 valence electrons. The van der Waals surface area contributed by atoms with Gasteiger partial charge >= 0.3 is 0 Å². The van der Waals surface area contributed by atoms with Crippen molar-refractivity contribution >= 4 is 5.82 Å². The van der Waals surface area contributed by atoms with Crippen molar-refractivity contribution in [2.45, 2.75) is 19.6 Å². The summed E-state index contributed by atoms with van der Waals surface area (Å²) in [7, 11) is 0. The Hall–Kier alpha value is -2.01. The van der Waals surface area contributed by atoms with Crippen molar-refractivity contribution in [2.75, 3.05) is 5.32 Å². The average molecular weight is 230 g/mol. The fourth-order valence-electron chi connectivity index (χ4n) is 1.40. The molecule has 17 heavy (non-hydrogen) atoms. The number of anilines is 1. The smallest absolute Gasteiger partial charge is 0.128 e. The lowest BCUT2D eigenvalue weighted by atomic mass is 10.2. The minimum absolute atomic E-state index is 0.580. The molecule has 2 aromatic rings. The summed E-state index contributed by atoms with van der Waals surface area (Å²) in [6.07, 6.45) is 4.92. The third-order valence-electron chi connectivity index (χ3n) is 2.34. The molecule has 0 aromatic carbocycles. The van der Waals surface area contributed by atoms with Crippen LogP contribution >= 0.6 is 0 Å². The van der Waals surface area contributed by atoms with Crippen molar-refractivity contribution in [2.24, 2.45) is 0 Å². The highest BCUT2D eigenvalue weighted by Crippen LogP contribution is 2.18. The molecule has 5 nitrogen and oxygen atoms in total. The topological polar surface area (TPSA) is 70.9 Å². The first-order valence-corrected chi connectivity index (χ1v) is 5.46. The van der Waals surface area contributed by atoms with E-state index in [-0.39, 0.29) is 0 Å². The maximum absolute atomic E-state index is 9.50. The molecule has 2 heterocycles. The Morgan fingerprint density at radius 3 is 2.88 bits per heavy atom. The van der Waals surface area contributed by atoms with E-state index in [9.17, 15) is 5.11 Å². The van der Waals surface area contributed by atoms with Crippen LogP contribution in [0.15, 0.2) is 36.9 Å². The summed E-state index contributed by atoms with van der Waals surface area (Å²) in [5.74, 6) is 0.635. The van der Waals surface area contributed by atoms with Gasteiger partial charge in [-0.2, -0.15) is 0 Å². The Bertz CT molecular complexity index is 475. The van der Waals surface area contributed by atoms with Crippen LogP contribution in [0.5, 0.6) is 0 Å². The molecule has 0 fully saturated rings. The van der Waals surface area contributed by atoms with E-state index in [1.807, 2.05) is 25.1 Å². The molecular weight excluding hydrogens is 216 g/mol. The molecule has 1 atom stereocenters. The zero-order valence-corrected chi connectivity index (χ0v) is 9.54. The SMILES string of the molecule is CCC(O)Nc1cc(-c2ccncn2)ccn1. The molecule has 0 aliphatic heterocycles. The van der Waals surface area contributed by atoms with Crippen LogP contribution in [-0.2, 0) is 0 Å². The van der Waals surface area contributed by atoms with E-state index in [0.717, 1.165) is 11.3 Å². The van der Waals surface area contributed by atoms with Crippen molar-refractivity contribution < 1.29 is 5.11 Å². The van der Waals surface area contributed by atoms with Crippen LogP contribution in [0.1, 0.15) is 13.3 Å². The number of nitrogens with one attached hydrogen (secondary N) is 1. The number of rotatable bonds is 4. The monoisotopic (exact) mass is 230 g/mol. The Labute approximate surface area is 99.6 Å². The summed E-state index contributed by atoms with van der Waals surface area (Å²) in [5, 5.41) is 12.4. The van der Waals surface area contributed by atoms with E-state index < -0.39 is 6.23 Å². The Morgan fingerprint density at radius 1 is 1.29 bits per heavy atom. The first kappa shape index (κ1) is 11.5. The van der Waals surface area contributed by atoms with Gasteiger partial charge in [0.25, 0.3) is 0 Å². The lowest BCUT2D eigenvalue weighted by molar-refractivity contribution is 0.199. The van der Waals surface area contributed by atoms with Crippen LogP contribution in [0.4, 0.5) is 5.82 Å². The number of hydrogen-bond acceptors (Lipinski definition) is 5. The number of nitrogens with zero attached hydrogens (tertiary/aromatic N) is 3. The second-order valence-electron chi connectivity index (χ2n) is 3.59. The molecule has 0 bridgehead atoms. The third kappa shape index (κ3) is 2.98. The molecule has 2 rings (SSSR count). The van der Waals surface area contributed by atoms with Crippen LogP contribution in [0.25, 0.3) is 11.3 Å². The zero-order chi connectivity index (χ0) is 12.1. The Balaban J connectivity index is 2.23. The standard InChI is InChI=1S/C12H14N4O/c1-2-12(17)16-11-7-9(3-6-14-11)10-4-5-13-8-15-10/h3-8,12,17H,2H2,1H3,(H,14,16). The number of hydrogen-bond donors (Lipinski definition) is 2. The van der Waals surface area contributed by atoms with Gasteiger partial charge < -0.3 is 10.4 Å². The summed E-state index contributed by atoms with van der Waals surface area (Å²) in [6, 6.07) is 5.54. The second kappa shape index (κ2) is 5.36. The Morgan fingerprint density at radius 2 is 2.18 bits per heavy atom. The van der Waals surface area contributed by atoms with Gasteiger partial charge in [0, 0.05) is 18.0 Å². The van der Waals surface area contributed by atoms with E-state index in [1.54, 1.807) is 12.4 Å². The summed E-state index contributed by atoms with van der Waals surface area (Å²) >= 11 is 0. The van der Waals surface area contributed by atoms with E-state index in [2.05, 4.69) is 20.3 Å². The van der Waals surface area contributed by atoms with Gasteiger partial charge in [-0.25, -0.2) is 15.0 Å². The number of aromatic nitrogens is 3. The predicted octanol–water partition coefficient (Wildman–Crippen LogP) is 1.68. The zero-order valence-electron chi connectivity index (χ0n) is 9.54. The molecule has 0 aliphatic rings. The number of aliphatic hydroxyl groups excluding tert-OH is 1. The maximum Gasteiger partial charge on any atom is 0.128 e. The largest absolute Gasteiger partial charge is 0.374 e. The minimum atomic E-state index is -0.580. The van der Waals surface area contributed by atoms with Gasteiger partial charge in [0.2, 0.25) is 0 Å². The van der Waals surface area contributed by atoms with Gasteiger partial charge in [-0.3, -0.25) is 0 Å². The van der Waals surface area contributed by atoms with Gasteiger partial charge in [-0.05, 0) is 24.6 Å². The minimum Gasteiger partial charge on any atom is -0.374 e. The highest BCUT2D eigenvalue weighted by Gasteiger charge is 2.04. The van der Waals surface area contributed by atoms with E-state index in [1.165, 1.54) is 6.33 Å². The lowest BCUT2D eigenvalue weighted by Crippen LogP contribution is -2.17. The first-order valence-electron chi connectivity index (χ1n) is 5.46. The van der Waals surface area contributed by atoms with Crippen molar-refractivity contribution in [1.29, 1.82) is 0 Å². The quantitative estimate of drug-likeness (QED) is 0.782. The third-order valence-corrected chi connectivity index (χ3v) is 2.34. The maximum atomic E-state index is 9.50. The van der Waals surface area contributed by atoms with Gasteiger partial charge in [-0.1, -0.05) is 6.92 Å². The molecule has 1 unspecified atom stereocenters. The molecule has 0 spiro atoms. The molecule has 2 aromatic heterocycles. The van der Waals surface area contributed by atoms with Crippen LogP contribution in [0.3, 0.4) is 0 Å². The van der Waals surface area contributed by atoms with E-state index in [0.29, 0.717) is 12.2 Å². The van der Waals surface area contributed by atoms with Gasteiger partial charge in [0.1, 0.15) is 18.4 Å². The highest BCUT2D eigenvalue weighted by atomic mass is 16.3. The predicted molar refractivity (Wildman–Crippen MR) is 65.2 cm³/mol. The molecule has 0 saturated heterocycles. The number of aliphatic hydroxyl groups is 1. The van der Waals surface area contributed by atoms with E-state index in [4.69, 9.17) is 0 Å². The normalized spacial score (nSPS) is 12.1. The van der Waals surface area contributed by atoms with Crippen LogP contribution in [0, 0.1) is 0 Å². The first-order chi connectivity index (χ1) is 8.29. The molecule has 0 amide bonds. The van der Waals surface area contributed by atoms with Gasteiger partial charge in [0.05, 0.1) is 5.69 Å². The summed E-state index contributed by atoms with van der Waals surface area (Å²) in [5.41, 5.74) is 1.77. The van der Waals surface area contributed by atoms with Crippen molar-refractivity contribution in [3.63, 3.8) is 0 Å². The van der Waals surface area contributed by atoms with Gasteiger partial charge in [-0.15, -0.1) is 0 Å². The fraction of sp³-hybridized carbons (Fsp3) is 0.250. The van der Waals surface area contributed by atoms with Crippen LogP contribution in [0.2, 0.25) is 0 Å². The van der Waals surface area contributed by atoms with Gasteiger partial charge in [0.15, 0.2) is 0 Å². The fourth-order valence-corrected chi connectivity index (χ4v) is 1.40. The van der Waals surface area contributed by atoms with Crippen LogP contribution < -0.4 is 5.32 Å². The molecule has 0 radical (unpaired) electrons. The molecule has 0 aliphatic carbocycles. The molecular formula is C12H14N4O. The second-order valence-corrected chi connectivity index (χ2v) is 3.59. The van der Waals surface area contributed by atoms with Crippen LogP contribution in [-0.4, -0.2) is 26.3 Å². The van der Waals surface area contributed by atoms with Crippen molar-refractivity contribution in [3.8, 4) is 11.3 Å². The molecule has 0 saturated carbocycles. The van der Waals surface area contributed by atoms with Crippen molar-refractivity contribution in [3.05, 3.63) is 36.9 Å². The molecule has 5 heteroatoms. The number of pyridine rings is 1. The summed E-state index contributed by atoms with van der Waals surface area (Å²) < 4.78 is 0. The average Bonchev–Trinajstić information content (AvgIpc) is 2.40. The highest BCUT2D eigenvalue weighted by molar-refractivity contribution is 5.62. The summed E-state index contributed by atoms with van der Waals surface area (Å²) in [4.78, 5) is 12.2. The Kier molecular flexibility index (Phi) is 3.62. The van der Waals surface area contributed by atoms with E-state index >= 15 is 0 Å².